The molecule has 0 saturated carbocycles. The summed E-state index contributed by atoms with van der Waals surface area (Å²) in [5, 5.41) is 3.37. The van der Waals surface area contributed by atoms with Gasteiger partial charge in [0.25, 0.3) is 0 Å². The highest BCUT2D eigenvalue weighted by atomic mass is 16.5. The summed E-state index contributed by atoms with van der Waals surface area (Å²) in [5.74, 6) is 0.782. The van der Waals surface area contributed by atoms with Crippen LogP contribution >= 0.6 is 0 Å². The smallest absolute Gasteiger partial charge is 0.347 e. The monoisotopic (exact) mass is 287 g/mol. The highest BCUT2D eigenvalue weighted by Crippen LogP contribution is 2.20. The molecule has 112 valence electrons. The summed E-state index contributed by atoms with van der Waals surface area (Å²) in [6, 6.07) is 7.80. The van der Waals surface area contributed by atoms with Crippen LogP contribution in [0.1, 0.15) is 24.5 Å². The van der Waals surface area contributed by atoms with E-state index in [9.17, 15) is 4.79 Å². The standard InChI is InChI=1S/C16H21N3O2/c1-3-7-17-11-13-5-6-15(21-2)14(10-13)12-19-9-4-8-18-16(19)20/h4-6,8-10,17H,3,7,11-12H2,1-2H3. The molecule has 2 rings (SSSR count). The Morgan fingerprint density at radius 1 is 1.38 bits per heavy atom. The minimum atomic E-state index is -0.255. The first-order chi connectivity index (χ1) is 10.2. The zero-order chi connectivity index (χ0) is 15.1. The fraction of sp³-hybridized carbons (Fsp3) is 0.375. The Morgan fingerprint density at radius 2 is 2.24 bits per heavy atom. The predicted molar refractivity (Wildman–Crippen MR) is 82.6 cm³/mol. The van der Waals surface area contributed by atoms with Crippen molar-refractivity contribution >= 4 is 0 Å². The topological polar surface area (TPSA) is 56.1 Å². The van der Waals surface area contributed by atoms with Crippen molar-refractivity contribution in [2.24, 2.45) is 0 Å². The highest BCUT2D eigenvalue weighted by Gasteiger charge is 2.06. The fourth-order valence-electron chi connectivity index (χ4n) is 2.17. The van der Waals surface area contributed by atoms with Gasteiger partial charge in [0.2, 0.25) is 0 Å². The van der Waals surface area contributed by atoms with Crippen LogP contribution in [0.25, 0.3) is 0 Å². The van der Waals surface area contributed by atoms with Crippen LogP contribution < -0.4 is 15.7 Å². The summed E-state index contributed by atoms with van der Waals surface area (Å²) in [7, 11) is 1.64. The van der Waals surface area contributed by atoms with E-state index in [1.165, 1.54) is 11.8 Å². The van der Waals surface area contributed by atoms with Crippen LogP contribution in [0.2, 0.25) is 0 Å². The molecule has 0 aliphatic carbocycles. The third kappa shape index (κ3) is 4.16. The number of ether oxygens (including phenoxy) is 1. The van der Waals surface area contributed by atoms with Gasteiger partial charge < -0.3 is 10.1 Å². The second-order valence-corrected chi connectivity index (χ2v) is 4.85. The lowest BCUT2D eigenvalue weighted by Crippen LogP contribution is -2.22. The molecule has 0 bridgehead atoms. The molecule has 0 unspecified atom stereocenters. The third-order valence-electron chi connectivity index (χ3n) is 3.22. The van der Waals surface area contributed by atoms with Crippen molar-refractivity contribution in [2.75, 3.05) is 13.7 Å². The molecule has 1 heterocycles. The Balaban J connectivity index is 2.21. The fourth-order valence-corrected chi connectivity index (χ4v) is 2.17. The summed E-state index contributed by atoms with van der Waals surface area (Å²) >= 11 is 0. The zero-order valence-electron chi connectivity index (χ0n) is 12.5. The molecule has 0 spiro atoms. The van der Waals surface area contributed by atoms with E-state index >= 15 is 0 Å². The number of benzene rings is 1. The minimum Gasteiger partial charge on any atom is -0.496 e. The lowest BCUT2D eigenvalue weighted by molar-refractivity contribution is 0.407. The highest BCUT2D eigenvalue weighted by molar-refractivity contribution is 5.37. The van der Waals surface area contributed by atoms with Crippen LogP contribution in [0.5, 0.6) is 5.75 Å². The van der Waals surface area contributed by atoms with Crippen molar-refractivity contribution in [1.82, 2.24) is 14.9 Å². The molecular formula is C16H21N3O2. The van der Waals surface area contributed by atoms with Gasteiger partial charge in [0.1, 0.15) is 5.75 Å². The Bertz CT molecular complexity index is 637. The first-order valence-corrected chi connectivity index (χ1v) is 7.12. The maximum atomic E-state index is 11.7. The van der Waals surface area contributed by atoms with Crippen LogP contribution in [0.15, 0.2) is 41.5 Å². The molecular weight excluding hydrogens is 266 g/mol. The molecule has 21 heavy (non-hydrogen) atoms. The van der Waals surface area contributed by atoms with Crippen molar-refractivity contribution in [3.05, 3.63) is 58.3 Å². The summed E-state index contributed by atoms with van der Waals surface area (Å²) < 4.78 is 6.95. The molecule has 0 aliphatic heterocycles. The van der Waals surface area contributed by atoms with Crippen LogP contribution in [0.3, 0.4) is 0 Å². The van der Waals surface area contributed by atoms with Crippen molar-refractivity contribution in [1.29, 1.82) is 0 Å². The summed E-state index contributed by atoms with van der Waals surface area (Å²) in [5.41, 5.74) is 1.90. The molecule has 1 aromatic heterocycles. The number of hydrogen-bond acceptors (Lipinski definition) is 4. The molecule has 5 heteroatoms. The first kappa shape index (κ1) is 15.3. The van der Waals surface area contributed by atoms with Crippen molar-refractivity contribution in [2.45, 2.75) is 26.4 Å². The van der Waals surface area contributed by atoms with Gasteiger partial charge in [0, 0.05) is 24.5 Å². The number of hydrogen-bond donors (Lipinski definition) is 1. The van der Waals surface area contributed by atoms with Crippen LogP contribution in [0, 0.1) is 0 Å². The van der Waals surface area contributed by atoms with E-state index in [4.69, 9.17) is 4.74 Å². The largest absolute Gasteiger partial charge is 0.496 e. The number of aromatic nitrogens is 2. The molecule has 0 aliphatic rings. The molecule has 0 radical (unpaired) electrons. The Morgan fingerprint density at radius 3 is 2.95 bits per heavy atom. The van der Waals surface area contributed by atoms with Crippen molar-refractivity contribution in [3.63, 3.8) is 0 Å². The number of methoxy groups -OCH3 is 1. The molecule has 5 nitrogen and oxygen atoms in total. The normalized spacial score (nSPS) is 10.6. The van der Waals surface area contributed by atoms with Crippen LogP contribution in [-0.4, -0.2) is 23.2 Å². The maximum absolute atomic E-state index is 11.7. The van der Waals surface area contributed by atoms with E-state index in [0.29, 0.717) is 6.54 Å². The first-order valence-electron chi connectivity index (χ1n) is 7.12. The van der Waals surface area contributed by atoms with E-state index in [0.717, 1.165) is 30.8 Å². The van der Waals surface area contributed by atoms with Gasteiger partial charge in [-0.1, -0.05) is 13.0 Å². The number of nitrogens with zero attached hydrogens (tertiary/aromatic N) is 2. The average molecular weight is 287 g/mol. The molecule has 2 aromatic rings. The molecule has 0 atom stereocenters. The molecule has 0 fully saturated rings. The van der Waals surface area contributed by atoms with Gasteiger partial charge >= 0.3 is 5.69 Å². The number of nitrogens with one attached hydrogen (secondary N) is 1. The molecule has 0 saturated heterocycles. The molecule has 1 aromatic carbocycles. The Hall–Kier alpha value is -2.14. The van der Waals surface area contributed by atoms with Gasteiger partial charge in [-0.2, -0.15) is 0 Å². The minimum absolute atomic E-state index is 0.255. The van der Waals surface area contributed by atoms with Crippen molar-refractivity contribution < 1.29 is 4.74 Å². The second-order valence-electron chi connectivity index (χ2n) is 4.85. The molecule has 0 amide bonds. The lowest BCUT2D eigenvalue weighted by Gasteiger charge is -2.12. The second kappa shape index (κ2) is 7.59. The SMILES string of the molecule is CCCNCc1ccc(OC)c(Cn2cccnc2=O)c1. The van der Waals surface area contributed by atoms with Gasteiger partial charge in [0.05, 0.1) is 13.7 Å². The zero-order valence-corrected chi connectivity index (χ0v) is 12.5. The quantitative estimate of drug-likeness (QED) is 0.789. The average Bonchev–Trinajstić information content (AvgIpc) is 2.50. The number of rotatable bonds is 7. The van der Waals surface area contributed by atoms with Gasteiger partial charge in [-0.15, -0.1) is 0 Å². The van der Waals surface area contributed by atoms with Gasteiger partial charge in [-0.3, -0.25) is 4.57 Å². The van der Waals surface area contributed by atoms with Crippen LogP contribution in [0.4, 0.5) is 0 Å². The summed E-state index contributed by atoms with van der Waals surface area (Å²) in [6.07, 6.45) is 4.34. The summed E-state index contributed by atoms with van der Waals surface area (Å²) in [4.78, 5) is 15.5. The van der Waals surface area contributed by atoms with E-state index in [-0.39, 0.29) is 5.69 Å². The Kier molecular flexibility index (Phi) is 5.51. The van der Waals surface area contributed by atoms with Gasteiger partial charge in [0.15, 0.2) is 0 Å². The van der Waals surface area contributed by atoms with Crippen molar-refractivity contribution in [3.8, 4) is 5.75 Å². The van der Waals surface area contributed by atoms with E-state index in [2.05, 4.69) is 23.3 Å². The molecule has 1 N–H and O–H groups in total. The van der Waals surface area contributed by atoms with Gasteiger partial charge in [-0.05, 0) is 36.7 Å². The van der Waals surface area contributed by atoms with Gasteiger partial charge in [-0.25, -0.2) is 9.78 Å². The predicted octanol–water partition coefficient (Wildman–Crippen LogP) is 1.80. The summed E-state index contributed by atoms with van der Waals surface area (Å²) in [6.45, 7) is 4.40. The van der Waals surface area contributed by atoms with Crippen LogP contribution in [-0.2, 0) is 13.1 Å². The van der Waals surface area contributed by atoms with E-state index < -0.39 is 0 Å². The van der Waals surface area contributed by atoms with E-state index in [1.807, 2.05) is 12.1 Å². The maximum Gasteiger partial charge on any atom is 0.347 e. The lowest BCUT2D eigenvalue weighted by atomic mass is 10.1. The third-order valence-corrected chi connectivity index (χ3v) is 3.22. The van der Waals surface area contributed by atoms with E-state index in [1.54, 1.807) is 23.9 Å². The Labute approximate surface area is 124 Å².